The highest BCUT2D eigenvalue weighted by molar-refractivity contribution is 7.52. The molecule has 0 heterocycles. The van der Waals surface area contributed by atoms with Gasteiger partial charge in [-0.25, -0.2) is 0 Å². The SMILES string of the molecule is CCCCCCCCCCCCCCCCCCc1c(C)cc(C(C)(C)C)cc1C(O)(CCCCCCCCCCCCCCCCCC)P(=O)(O)O. The second-order valence-corrected chi connectivity index (χ2v) is 19.9. The lowest BCUT2D eigenvalue weighted by molar-refractivity contribution is 0.0766. The fourth-order valence-electron chi connectivity index (χ4n) is 8.15. The van der Waals surface area contributed by atoms with Crippen molar-refractivity contribution < 1.29 is 19.5 Å². The lowest BCUT2D eigenvalue weighted by Crippen LogP contribution is -2.29. The average Bonchev–Trinajstić information content (AvgIpc) is 3.10. The van der Waals surface area contributed by atoms with Gasteiger partial charge in [0, 0.05) is 0 Å². The van der Waals surface area contributed by atoms with Gasteiger partial charge in [-0.1, -0.05) is 239 Å². The molecule has 1 aromatic rings. The summed E-state index contributed by atoms with van der Waals surface area (Å²) in [7, 11) is -4.84. The minimum Gasteiger partial charge on any atom is -0.373 e. The van der Waals surface area contributed by atoms with Gasteiger partial charge in [-0.3, -0.25) is 4.57 Å². The zero-order chi connectivity index (χ0) is 39.3. The van der Waals surface area contributed by atoms with Crippen molar-refractivity contribution in [3.63, 3.8) is 0 Å². The number of hydrogen-bond donors (Lipinski definition) is 3. The molecule has 0 radical (unpaired) electrons. The molecule has 1 atom stereocenters. The summed E-state index contributed by atoms with van der Waals surface area (Å²) in [6.45, 7) is 13.0. The summed E-state index contributed by atoms with van der Waals surface area (Å²) in [6, 6.07) is 4.11. The van der Waals surface area contributed by atoms with Crippen LogP contribution in [-0.4, -0.2) is 14.9 Å². The molecular weight excluding hydrogens is 671 g/mol. The molecule has 1 unspecified atom stereocenters. The summed E-state index contributed by atoms with van der Waals surface area (Å²) >= 11 is 0. The fourth-order valence-corrected chi connectivity index (χ4v) is 9.11. The summed E-state index contributed by atoms with van der Waals surface area (Å²) in [5.41, 5.74) is 3.33. The van der Waals surface area contributed by atoms with Crippen LogP contribution >= 0.6 is 7.60 Å². The van der Waals surface area contributed by atoms with Crippen molar-refractivity contribution in [1.82, 2.24) is 0 Å². The fraction of sp³-hybridized carbons (Fsp3) is 0.875. The van der Waals surface area contributed by atoms with Crippen LogP contribution in [0.25, 0.3) is 0 Å². The zero-order valence-corrected chi connectivity index (χ0v) is 37.3. The van der Waals surface area contributed by atoms with Gasteiger partial charge in [0.25, 0.3) is 0 Å². The molecule has 0 fully saturated rings. The van der Waals surface area contributed by atoms with Crippen LogP contribution in [0.3, 0.4) is 0 Å². The van der Waals surface area contributed by atoms with Gasteiger partial charge in [0.1, 0.15) is 0 Å². The standard InChI is InChI=1S/C48H91O4P/c1-7-9-11-13-15-17-19-21-23-25-27-29-31-33-35-37-39-45-43(3)41-44(47(4,5)6)42-46(45)48(49,53(50,51)52)40-38-36-34-32-30-28-26-24-22-20-18-16-14-12-10-8-2/h41-42,49H,7-40H2,1-6H3,(H2,50,51,52). The zero-order valence-electron chi connectivity index (χ0n) is 36.4. The molecule has 0 saturated heterocycles. The van der Waals surface area contributed by atoms with Crippen molar-refractivity contribution in [1.29, 1.82) is 0 Å². The van der Waals surface area contributed by atoms with Gasteiger partial charge >= 0.3 is 7.60 Å². The van der Waals surface area contributed by atoms with E-state index in [1.165, 1.54) is 167 Å². The number of aliphatic hydroxyl groups is 1. The summed E-state index contributed by atoms with van der Waals surface area (Å²) in [4.78, 5) is 21.4. The van der Waals surface area contributed by atoms with Crippen molar-refractivity contribution in [2.75, 3.05) is 0 Å². The molecule has 312 valence electrons. The Kier molecular flexibility index (Phi) is 28.9. The molecule has 0 bridgehead atoms. The molecule has 0 aliphatic carbocycles. The molecule has 1 aromatic carbocycles. The molecular formula is C48H91O4P. The predicted octanol–water partition coefficient (Wildman–Crippen LogP) is 16.1. The monoisotopic (exact) mass is 763 g/mol. The quantitative estimate of drug-likeness (QED) is 0.0470. The number of aryl methyl sites for hydroxylation is 1. The van der Waals surface area contributed by atoms with E-state index in [0.29, 0.717) is 12.0 Å². The average molecular weight is 763 g/mol. The third-order valence-corrected chi connectivity index (χ3v) is 13.3. The first-order valence-electron chi connectivity index (χ1n) is 23.3. The lowest BCUT2D eigenvalue weighted by atomic mass is 9.81. The third-order valence-electron chi connectivity index (χ3n) is 11.9. The first-order valence-corrected chi connectivity index (χ1v) is 24.9. The minimum atomic E-state index is -4.84. The van der Waals surface area contributed by atoms with Crippen LogP contribution in [0.2, 0.25) is 0 Å². The molecule has 0 saturated carbocycles. The summed E-state index contributed by atoms with van der Waals surface area (Å²) in [5.74, 6) is 0. The minimum absolute atomic E-state index is 0.106. The number of rotatable bonds is 36. The Morgan fingerprint density at radius 3 is 1.09 bits per heavy atom. The van der Waals surface area contributed by atoms with Gasteiger partial charge in [-0.05, 0) is 60.3 Å². The smallest absolute Gasteiger partial charge is 0.361 e. The van der Waals surface area contributed by atoms with Crippen molar-refractivity contribution in [2.45, 2.75) is 271 Å². The molecule has 3 N–H and O–H groups in total. The maximum absolute atomic E-state index is 13.1. The maximum atomic E-state index is 13.1. The van der Waals surface area contributed by atoms with Crippen LogP contribution in [-0.2, 0) is 21.7 Å². The van der Waals surface area contributed by atoms with E-state index in [-0.39, 0.29) is 11.8 Å². The molecule has 1 rings (SSSR count). The Morgan fingerprint density at radius 1 is 0.491 bits per heavy atom. The van der Waals surface area contributed by atoms with Gasteiger partial charge < -0.3 is 14.9 Å². The molecule has 4 nitrogen and oxygen atoms in total. The van der Waals surface area contributed by atoms with Gasteiger partial charge in [-0.15, -0.1) is 0 Å². The Morgan fingerprint density at radius 2 is 0.792 bits per heavy atom. The molecule has 0 spiro atoms. The van der Waals surface area contributed by atoms with Crippen LogP contribution in [0.15, 0.2) is 12.1 Å². The molecule has 0 amide bonds. The van der Waals surface area contributed by atoms with E-state index in [0.717, 1.165) is 55.2 Å². The van der Waals surface area contributed by atoms with Crippen LogP contribution in [0.5, 0.6) is 0 Å². The Balaban J connectivity index is 2.53. The van der Waals surface area contributed by atoms with Gasteiger partial charge in [0.2, 0.25) is 0 Å². The van der Waals surface area contributed by atoms with Crippen molar-refractivity contribution in [2.24, 2.45) is 0 Å². The Hall–Kier alpha value is -0.670. The second kappa shape index (κ2) is 30.5. The maximum Gasteiger partial charge on any atom is 0.361 e. The molecule has 0 aliphatic heterocycles. The van der Waals surface area contributed by atoms with Gasteiger partial charge in [0.05, 0.1) is 0 Å². The van der Waals surface area contributed by atoms with E-state index in [4.69, 9.17) is 0 Å². The van der Waals surface area contributed by atoms with Crippen molar-refractivity contribution >= 4 is 7.60 Å². The molecule has 0 aliphatic rings. The number of benzene rings is 1. The Bertz CT molecular complexity index is 1060. The number of unbranched alkanes of at least 4 members (excludes halogenated alkanes) is 30. The first-order chi connectivity index (χ1) is 25.4. The van der Waals surface area contributed by atoms with E-state index in [2.05, 4.69) is 47.6 Å². The molecule has 53 heavy (non-hydrogen) atoms. The van der Waals surface area contributed by atoms with Crippen LogP contribution in [0, 0.1) is 6.92 Å². The highest BCUT2D eigenvalue weighted by Crippen LogP contribution is 2.59. The highest BCUT2D eigenvalue weighted by atomic mass is 31.2. The van der Waals surface area contributed by atoms with Crippen LogP contribution < -0.4 is 0 Å². The van der Waals surface area contributed by atoms with E-state index in [1.54, 1.807) is 0 Å². The number of hydrogen-bond acceptors (Lipinski definition) is 2. The van der Waals surface area contributed by atoms with E-state index >= 15 is 0 Å². The molecule has 0 aromatic heterocycles. The lowest BCUT2D eigenvalue weighted by Gasteiger charge is -2.34. The van der Waals surface area contributed by atoms with Crippen LogP contribution in [0.4, 0.5) is 0 Å². The van der Waals surface area contributed by atoms with E-state index in [1.807, 2.05) is 6.07 Å². The van der Waals surface area contributed by atoms with Crippen LogP contribution in [0.1, 0.15) is 269 Å². The van der Waals surface area contributed by atoms with E-state index in [9.17, 15) is 19.5 Å². The molecule has 5 heteroatoms. The third kappa shape index (κ3) is 23.2. The van der Waals surface area contributed by atoms with Gasteiger partial charge in [-0.2, -0.15) is 0 Å². The highest BCUT2D eigenvalue weighted by Gasteiger charge is 2.48. The van der Waals surface area contributed by atoms with E-state index < -0.39 is 12.9 Å². The second-order valence-electron chi connectivity index (χ2n) is 18.0. The Labute approximate surface area is 331 Å². The topological polar surface area (TPSA) is 77.8 Å². The largest absolute Gasteiger partial charge is 0.373 e. The first kappa shape index (κ1) is 50.3. The van der Waals surface area contributed by atoms with Gasteiger partial charge in [0.15, 0.2) is 5.34 Å². The summed E-state index contributed by atoms with van der Waals surface area (Å²) in [6.07, 6.45) is 42.0. The van der Waals surface area contributed by atoms with Crippen molar-refractivity contribution in [3.05, 3.63) is 34.4 Å². The summed E-state index contributed by atoms with van der Waals surface area (Å²) in [5, 5.41) is 9.86. The van der Waals surface area contributed by atoms with Crippen molar-refractivity contribution in [3.8, 4) is 0 Å². The normalized spacial score (nSPS) is 13.5. The predicted molar refractivity (Wildman–Crippen MR) is 233 cm³/mol. The summed E-state index contributed by atoms with van der Waals surface area (Å²) < 4.78 is 13.1.